The number of methoxy groups -OCH3 is 1. The van der Waals surface area contributed by atoms with Crippen molar-refractivity contribution >= 4 is 26.0 Å². The SMILES string of the molecule is COCCN(C)S(=O)(=O)c1c(F)cc(F)cc1Br. The van der Waals surface area contributed by atoms with Gasteiger partial charge in [0.25, 0.3) is 0 Å². The lowest BCUT2D eigenvalue weighted by Gasteiger charge is -2.18. The molecule has 0 heterocycles. The van der Waals surface area contributed by atoms with Crippen LogP contribution in [0.25, 0.3) is 0 Å². The second kappa shape index (κ2) is 6.05. The first-order chi connectivity index (χ1) is 8.30. The average molecular weight is 344 g/mol. The number of benzene rings is 1. The molecule has 0 saturated carbocycles. The molecule has 0 aliphatic rings. The van der Waals surface area contributed by atoms with E-state index in [1.165, 1.54) is 14.2 Å². The van der Waals surface area contributed by atoms with Crippen LogP contribution in [-0.2, 0) is 14.8 Å². The summed E-state index contributed by atoms with van der Waals surface area (Å²) in [6.07, 6.45) is 0. The molecule has 1 rings (SSSR count). The summed E-state index contributed by atoms with van der Waals surface area (Å²) >= 11 is 2.85. The van der Waals surface area contributed by atoms with Crippen molar-refractivity contribution in [2.45, 2.75) is 4.90 Å². The van der Waals surface area contributed by atoms with Gasteiger partial charge in [-0.3, -0.25) is 0 Å². The average Bonchev–Trinajstić information content (AvgIpc) is 2.23. The van der Waals surface area contributed by atoms with E-state index in [1.54, 1.807) is 0 Å². The van der Waals surface area contributed by atoms with Crippen LogP contribution in [-0.4, -0.2) is 40.0 Å². The maximum absolute atomic E-state index is 13.6. The van der Waals surface area contributed by atoms with Gasteiger partial charge in [-0.25, -0.2) is 17.2 Å². The quantitative estimate of drug-likeness (QED) is 0.821. The maximum Gasteiger partial charge on any atom is 0.246 e. The molecule has 4 nitrogen and oxygen atoms in total. The highest BCUT2D eigenvalue weighted by Gasteiger charge is 2.27. The number of hydrogen-bond acceptors (Lipinski definition) is 3. The molecule has 102 valence electrons. The molecule has 1 aromatic rings. The van der Waals surface area contributed by atoms with E-state index in [1.807, 2.05) is 0 Å². The summed E-state index contributed by atoms with van der Waals surface area (Å²) in [4.78, 5) is -0.581. The van der Waals surface area contributed by atoms with Crippen LogP contribution < -0.4 is 0 Å². The number of halogens is 3. The van der Waals surface area contributed by atoms with Crippen molar-refractivity contribution in [2.75, 3.05) is 27.3 Å². The maximum atomic E-state index is 13.6. The van der Waals surface area contributed by atoms with E-state index in [4.69, 9.17) is 4.74 Å². The molecule has 0 aliphatic carbocycles. The fourth-order valence-electron chi connectivity index (χ4n) is 1.27. The van der Waals surface area contributed by atoms with E-state index >= 15 is 0 Å². The Balaban J connectivity index is 3.20. The van der Waals surface area contributed by atoms with E-state index in [0.29, 0.717) is 6.07 Å². The van der Waals surface area contributed by atoms with Crippen molar-refractivity contribution in [3.05, 3.63) is 28.2 Å². The molecule has 0 aliphatic heterocycles. The van der Waals surface area contributed by atoms with Crippen molar-refractivity contribution in [1.29, 1.82) is 0 Å². The van der Waals surface area contributed by atoms with Gasteiger partial charge in [-0.05, 0) is 22.0 Å². The third-order valence-corrected chi connectivity index (χ3v) is 5.06. The number of rotatable bonds is 5. The molecule has 0 N–H and O–H groups in total. The van der Waals surface area contributed by atoms with Gasteiger partial charge in [0.2, 0.25) is 10.0 Å². The van der Waals surface area contributed by atoms with Crippen molar-refractivity contribution in [3.8, 4) is 0 Å². The Morgan fingerprint density at radius 2 is 2.00 bits per heavy atom. The summed E-state index contributed by atoms with van der Waals surface area (Å²) in [7, 11) is -1.30. The van der Waals surface area contributed by atoms with Gasteiger partial charge in [-0.15, -0.1) is 0 Å². The van der Waals surface area contributed by atoms with Crippen LogP contribution in [0, 0.1) is 11.6 Å². The molecule has 0 saturated heterocycles. The zero-order valence-electron chi connectivity index (χ0n) is 9.78. The summed E-state index contributed by atoms with van der Waals surface area (Å²) < 4.78 is 56.2. The summed E-state index contributed by atoms with van der Waals surface area (Å²) in [6.45, 7) is 0.248. The van der Waals surface area contributed by atoms with Crippen LogP contribution in [0.1, 0.15) is 0 Å². The van der Waals surface area contributed by atoms with Gasteiger partial charge in [-0.2, -0.15) is 4.31 Å². The largest absolute Gasteiger partial charge is 0.383 e. The number of likely N-dealkylation sites (N-methyl/N-ethyl adjacent to an activating group) is 1. The Morgan fingerprint density at radius 1 is 1.39 bits per heavy atom. The first kappa shape index (κ1) is 15.5. The molecule has 0 amide bonds. The topological polar surface area (TPSA) is 46.6 Å². The zero-order valence-corrected chi connectivity index (χ0v) is 12.2. The van der Waals surface area contributed by atoms with Crippen molar-refractivity contribution in [2.24, 2.45) is 0 Å². The predicted molar refractivity (Wildman–Crippen MR) is 65.7 cm³/mol. The van der Waals surface area contributed by atoms with Crippen LogP contribution in [0.5, 0.6) is 0 Å². The molecule has 0 atom stereocenters. The lowest BCUT2D eigenvalue weighted by molar-refractivity contribution is 0.185. The Hall–Kier alpha value is -0.570. The van der Waals surface area contributed by atoms with Gasteiger partial charge < -0.3 is 4.74 Å². The highest BCUT2D eigenvalue weighted by Crippen LogP contribution is 2.28. The molecule has 0 radical (unpaired) electrons. The lowest BCUT2D eigenvalue weighted by Crippen LogP contribution is -2.31. The normalized spacial score (nSPS) is 12.1. The van der Waals surface area contributed by atoms with Gasteiger partial charge >= 0.3 is 0 Å². The van der Waals surface area contributed by atoms with E-state index < -0.39 is 26.6 Å². The smallest absolute Gasteiger partial charge is 0.246 e. The molecule has 18 heavy (non-hydrogen) atoms. The molecule has 1 aromatic carbocycles. The number of ether oxygens (including phenoxy) is 1. The van der Waals surface area contributed by atoms with Gasteiger partial charge in [0.05, 0.1) is 6.61 Å². The van der Waals surface area contributed by atoms with Gasteiger partial charge in [0, 0.05) is 31.2 Å². The molecular formula is C10H12BrF2NO3S. The molecule has 0 spiro atoms. The molecule has 8 heteroatoms. The second-order valence-electron chi connectivity index (χ2n) is 3.52. The van der Waals surface area contributed by atoms with Crippen LogP contribution >= 0.6 is 15.9 Å². The molecular weight excluding hydrogens is 332 g/mol. The fraction of sp³-hybridized carbons (Fsp3) is 0.400. The minimum atomic E-state index is -4.02. The summed E-state index contributed by atoms with van der Waals surface area (Å²) in [5, 5.41) is 0. The standard InChI is InChI=1S/C10H12BrF2NO3S/c1-14(3-4-17-2)18(15,16)10-8(11)5-7(12)6-9(10)13/h5-6H,3-4H2,1-2H3. The summed E-state index contributed by atoms with van der Waals surface area (Å²) in [5.74, 6) is -1.98. The zero-order chi connectivity index (χ0) is 13.9. The third-order valence-electron chi connectivity index (χ3n) is 2.24. The molecule has 0 aromatic heterocycles. The van der Waals surface area contributed by atoms with Crippen LogP contribution in [0.3, 0.4) is 0 Å². The minimum absolute atomic E-state index is 0.0715. The Labute approximate surface area is 113 Å². The van der Waals surface area contributed by atoms with Crippen molar-refractivity contribution < 1.29 is 21.9 Å². The van der Waals surface area contributed by atoms with Crippen LogP contribution in [0.15, 0.2) is 21.5 Å². The molecule has 0 bridgehead atoms. The van der Waals surface area contributed by atoms with E-state index in [-0.39, 0.29) is 17.6 Å². The number of hydrogen-bond donors (Lipinski definition) is 0. The monoisotopic (exact) mass is 343 g/mol. The highest BCUT2D eigenvalue weighted by molar-refractivity contribution is 9.10. The van der Waals surface area contributed by atoms with Crippen LogP contribution in [0.4, 0.5) is 8.78 Å². The van der Waals surface area contributed by atoms with Gasteiger partial charge in [0.1, 0.15) is 16.5 Å². The van der Waals surface area contributed by atoms with Gasteiger partial charge in [0.15, 0.2) is 0 Å². The molecule has 0 unspecified atom stereocenters. The molecule has 0 fully saturated rings. The Bertz CT molecular complexity index is 513. The Morgan fingerprint density at radius 3 is 2.50 bits per heavy atom. The first-order valence-electron chi connectivity index (χ1n) is 4.90. The van der Waals surface area contributed by atoms with E-state index in [9.17, 15) is 17.2 Å². The third kappa shape index (κ3) is 3.25. The summed E-state index contributed by atoms with van der Waals surface area (Å²) in [5.41, 5.74) is 0. The minimum Gasteiger partial charge on any atom is -0.383 e. The second-order valence-corrected chi connectivity index (χ2v) is 6.35. The van der Waals surface area contributed by atoms with Crippen LogP contribution in [0.2, 0.25) is 0 Å². The predicted octanol–water partition coefficient (Wildman–Crippen LogP) is 1.99. The number of sulfonamides is 1. The number of nitrogens with zero attached hydrogens (tertiary/aromatic N) is 1. The van der Waals surface area contributed by atoms with E-state index in [0.717, 1.165) is 10.4 Å². The Kier molecular flexibility index (Phi) is 5.20. The lowest BCUT2D eigenvalue weighted by atomic mass is 10.3. The van der Waals surface area contributed by atoms with E-state index in [2.05, 4.69) is 15.9 Å². The highest BCUT2D eigenvalue weighted by atomic mass is 79.9. The van der Waals surface area contributed by atoms with Crippen molar-refractivity contribution in [3.63, 3.8) is 0 Å². The fourth-order valence-corrected chi connectivity index (χ4v) is 3.53. The van der Waals surface area contributed by atoms with Crippen molar-refractivity contribution in [1.82, 2.24) is 4.31 Å². The first-order valence-corrected chi connectivity index (χ1v) is 7.14. The summed E-state index contributed by atoms with van der Waals surface area (Å²) in [6, 6.07) is 1.43. The van der Waals surface area contributed by atoms with Gasteiger partial charge in [-0.1, -0.05) is 0 Å².